The summed E-state index contributed by atoms with van der Waals surface area (Å²) in [5, 5.41) is 22.0. The minimum absolute atomic E-state index is 0.914. The number of para-hydroxylation sites is 10. The summed E-state index contributed by atoms with van der Waals surface area (Å²) in [6.07, 6.45) is 0. The molecule has 29 aromatic rings. The third-order valence-corrected chi connectivity index (χ3v) is 27.2. The molecule has 9 aromatic heterocycles. The van der Waals surface area contributed by atoms with Crippen LogP contribution in [0.15, 0.2) is 450 Å². The Bertz CT molecular complexity index is 9660. The highest BCUT2D eigenvalue weighted by molar-refractivity contribution is 6.31. The highest BCUT2D eigenvalue weighted by atomic mass is 16.3. The zero-order valence-corrected chi connectivity index (χ0v) is 71.5. The first-order chi connectivity index (χ1) is 64.8. The van der Waals surface area contributed by atoms with Crippen LogP contribution in [0.1, 0.15) is 11.1 Å². The molecule has 20 aromatic carbocycles. The second-order valence-electron chi connectivity index (χ2n) is 34.7. The van der Waals surface area contributed by atoms with Crippen LogP contribution < -0.4 is 0 Å². The summed E-state index contributed by atoms with van der Waals surface area (Å²) < 4.78 is 33.3. The first-order valence-corrected chi connectivity index (χ1v) is 44.8. The van der Waals surface area contributed by atoms with Crippen LogP contribution in [0, 0.1) is 13.8 Å². The molecule has 0 saturated heterocycles. The Morgan fingerprint density at radius 3 is 0.756 bits per heavy atom. The van der Waals surface area contributed by atoms with Gasteiger partial charge in [-0.25, -0.2) is 0 Å². The Balaban J connectivity index is 0.000000101. The Kier molecular flexibility index (Phi) is 16.4. The Morgan fingerprint density at radius 1 is 0.137 bits per heavy atom. The predicted octanol–water partition coefficient (Wildman–Crippen LogP) is 33.3. The molecule has 0 unspecified atom stereocenters. The van der Waals surface area contributed by atoms with Gasteiger partial charge in [0.2, 0.25) is 0 Å². The molecular weight excluding hydrogens is 1600 g/mol. The lowest BCUT2D eigenvalue weighted by atomic mass is 10.0. The van der Waals surface area contributed by atoms with Crippen molar-refractivity contribution in [1.29, 1.82) is 0 Å². The van der Waals surface area contributed by atoms with Crippen molar-refractivity contribution in [3.05, 3.63) is 448 Å². The van der Waals surface area contributed by atoms with Crippen LogP contribution in [0.3, 0.4) is 0 Å². The number of rotatable bonds is 8. The summed E-state index contributed by atoms with van der Waals surface area (Å²) in [4.78, 5) is 0. The van der Waals surface area contributed by atoms with Crippen molar-refractivity contribution in [3.63, 3.8) is 0 Å². The van der Waals surface area contributed by atoms with Gasteiger partial charge in [-0.15, -0.1) is 0 Å². The van der Waals surface area contributed by atoms with Crippen LogP contribution in [-0.2, 0) is 0 Å². The molecule has 0 spiro atoms. The topological polar surface area (TPSA) is 69.0 Å². The van der Waals surface area contributed by atoms with Crippen molar-refractivity contribution >= 4 is 197 Å². The molecule has 0 aliphatic rings. The summed E-state index contributed by atoms with van der Waals surface area (Å²) >= 11 is 0. The lowest BCUT2D eigenvalue weighted by Gasteiger charge is -2.13. The van der Waals surface area contributed by atoms with Crippen molar-refractivity contribution < 1.29 is 13.3 Å². The first kappa shape index (κ1) is 73.9. The average molecular weight is 1680 g/mol. The van der Waals surface area contributed by atoms with Gasteiger partial charge >= 0.3 is 0 Å². The molecule has 0 bridgehead atoms. The van der Waals surface area contributed by atoms with E-state index in [-0.39, 0.29) is 0 Å². The number of aromatic nitrogens is 6. The molecule has 0 aliphatic carbocycles. The predicted molar refractivity (Wildman–Crippen MR) is 548 cm³/mol. The van der Waals surface area contributed by atoms with E-state index >= 15 is 0 Å². The molecule has 0 aliphatic heterocycles. The minimum atomic E-state index is 0.914. The van der Waals surface area contributed by atoms with Gasteiger partial charge in [0.05, 0.1) is 66.2 Å². The highest BCUT2D eigenvalue weighted by Crippen LogP contribution is 2.48. The average Bonchev–Trinajstić information content (AvgIpc) is 1.56. The number of furan rings is 3. The summed E-state index contributed by atoms with van der Waals surface area (Å²) in [6.45, 7) is 4.33. The molecule has 0 amide bonds. The molecule has 0 saturated carbocycles. The normalized spacial score (nSPS) is 12.0. The van der Waals surface area contributed by atoms with Crippen LogP contribution in [0.2, 0.25) is 0 Å². The largest absolute Gasteiger partial charge is 0.456 e. The smallest absolute Gasteiger partial charge is 0.136 e. The third-order valence-electron chi connectivity index (χ3n) is 27.2. The number of fused-ring (bicyclic) bond motifs is 30. The molecule has 0 radical (unpaired) electrons. The Morgan fingerprint density at radius 2 is 0.382 bits per heavy atom. The molecule has 0 fully saturated rings. The second-order valence-corrected chi connectivity index (χ2v) is 34.7. The zero-order valence-electron chi connectivity index (χ0n) is 71.5. The van der Waals surface area contributed by atoms with Gasteiger partial charge in [0.1, 0.15) is 33.5 Å². The van der Waals surface area contributed by atoms with E-state index in [4.69, 9.17) is 13.3 Å². The molecule has 131 heavy (non-hydrogen) atoms. The Hall–Kier alpha value is -17.4. The lowest BCUT2D eigenvalue weighted by molar-refractivity contribution is 0.669. The molecule has 9 heterocycles. The van der Waals surface area contributed by atoms with E-state index in [0.29, 0.717) is 0 Å². The van der Waals surface area contributed by atoms with E-state index in [0.717, 1.165) is 83.8 Å². The fraction of sp³-hybridized carbons (Fsp3) is 0.0164. The van der Waals surface area contributed by atoms with E-state index < -0.39 is 0 Å². The standard InChI is InChI=1S/C43H28N2O.C42H26N2O.C37H24N2O/c1-27-15-21-37-34(25-27)32-11-5-7-13-36(32)44(37)31-19-16-28(17-20-31)29-18-22-38-35(26-29)42-39(45(38)30-9-3-2-4-10-30)23-24-41-43(42)33-12-6-8-14-40(33)46-41;1-2-10-29(11-3-1)44-37-23-20-28(26-34(37)41-38(44)24-25-40-42(41)33-14-6-9-17-39(33)45-40)27-18-21-30(22-19-27)43-35-15-7-4-12-31(35)32-13-5-8-16-36(32)43;1-23-17-18-32-29(21-23)36-33(19-20-35-37(36)28-13-4-7-16-34(28)40-35)39(32)25-10-8-9-24(22-25)38-30-14-5-2-11-26(30)27-12-3-6-15-31(27)38/h2-26H,1H3;1-26H;2-22H,1H3. The van der Waals surface area contributed by atoms with Gasteiger partial charge in [-0.2, -0.15) is 0 Å². The van der Waals surface area contributed by atoms with Crippen molar-refractivity contribution in [2.45, 2.75) is 13.8 Å². The van der Waals surface area contributed by atoms with Gasteiger partial charge < -0.3 is 40.7 Å². The van der Waals surface area contributed by atoms with E-state index in [1.165, 1.54) is 180 Å². The molecule has 9 nitrogen and oxygen atoms in total. The third kappa shape index (κ3) is 11.4. The summed E-state index contributed by atoms with van der Waals surface area (Å²) in [5.41, 5.74) is 34.1. The van der Waals surface area contributed by atoms with E-state index in [1.807, 2.05) is 18.2 Å². The van der Waals surface area contributed by atoms with Crippen molar-refractivity contribution in [2.75, 3.05) is 0 Å². The molecule has 9 heteroatoms. The van der Waals surface area contributed by atoms with Crippen LogP contribution in [0.25, 0.3) is 253 Å². The maximum atomic E-state index is 6.34. The highest BCUT2D eigenvalue weighted by Gasteiger charge is 2.26. The number of nitrogens with zero attached hydrogens (tertiary/aromatic N) is 6. The van der Waals surface area contributed by atoms with E-state index in [1.54, 1.807) is 0 Å². The van der Waals surface area contributed by atoms with Crippen molar-refractivity contribution in [2.24, 2.45) is 0 Å². The molecular formula is C122H78N6O3. The van der Waals surface area contributed by atoms with Crippen LogP contribution in [0.4, 0.5) is 0 Å². The molecule has 0 N–H and O–H groups in total. The van der Waals surface area contributed by atoms with Gasteiger partial charge in [0, 0.05) is 131 Å². The number of hydrogen-bond acceptors (Lipinski definition) is 3. The fourth-order valence-corrected chi connectivity index (χ4v) is 21.6. The summed E-state index contributed by atoms with van der Waals surface area (Å²) in [7, 11) is 0. The zero-order chi connectivity index (χ0) is 86.2. The molecule has 0 atom stereocenters. The summed E-state index contributed by atoms with van der Waals surface area (Å²) in [5.74, 6) is 0. The van der Waals surface area contributed by atoms with Crippen molar-refractivity contribution in [1.82, 2.24) is 27.4 Å². The maximum absolute atomic E-state index is 6.34. The Labute approximate surface area is 750 Å². The fourth-order valence-electron chi connectivity index (χ4n) is 21.6. The number of benzene rings is 20. The van der Waals surface area contributed by atoms with Crippen molar-refractivity contribution in [3.8, 4) is 56.4 Å². The van der Waals surface area contributed by atoms with Gasteiger partial charge in [-0.1, -0.05) is 248 Å². The van der Waals surface area contributed by atoms with Gasteiger partial charge in [0.15, 0.2) is 0 Å². The number of hydrogen-bond donors (Lipinski definition) is 0. The molecule has 29 rings (SSSR count). The van der Waals surface area contributed by atoms with Crippen LogP contribution in [-0.4, -0.2) is 27.4 Å². The SMILES string of the molecule is Cc1ccc2c(c1)c1c3c(ccc1n2-c1cccc(-n2c4ccccc4c4ccccc42)c1)oc1ccccc13.Cc1ccc2c(c1)c1ccccc1n2-c1ccc(-c2ccc3c(c2)c2c4c(ccc2n3-c2ccccc2)oc2ccccc24)cc1.c1ccc(-n2c3ccc(-c4ccc(-n5c6ccccc6c6ccccc65)cc4)cc3c3c4c(ccc32)oc2ccccc24)cc1. The maximum Gasteiger partial charge on any atom is 0.136 e. The quantitative estimate of drug-likeness (QED) is 0.152. The first-order valence-electron chi connectivity index (χ1n) is 44.8. The van der Waals surface area contributed by atoms with Gasteiger partial charge in [-0.05, 0) is 236 Å². The monoisotopic (exact) mass is 1670 g/mol. The van der Waals surface area contributed by atoms with E-state index in [9.17, 15) is 0 Å². The lowest BCUT2D eigenvalue weighted by Crippen LogP contribution is -1.98. The number of aryl methyl sites for hydroxylation is 2. The van der Waals surface area contributed by atoms with Gasteiger partial charge in [0.25, 0.3) is 0 Å². The second kappa shape index (κ2) is 29.1. The molecule has 614 valence electrons. The minimum Gasteiger partial charge on any atom is -0.456 e. The van der Waals surface area contributed by atoms with E-state index in [2.05, 4.69) is 460 Å². The van der Waals surface area contributed by atoms with Crippen LogP contribution in [0.5, 0.6) is 0 Å². The summed E-state index contributed by atoms with van der Waals surface area (Å²) in [6, 6.07) is 157. The van der Waals surface area contributed by atoms with Gasteiger partial charge in [-0.3, -0.25) is 0 Å². The van der Waals surface area contributed by atoms with Crippen LogP contribution >= 0.6 is 0 Å².